The molecule has 4 rings (SSSR count). The first-order chi connectivity index (χ1) is 16.0. The fourth-order valence-corrected chi connectivity index (χ4v) is 5.51. The highest BCUT2D eigenvalue weighted by Crippen LogP contribution is 2.32. The van der Waals surface area contributed by atoms with Gasteiger partial charge < -0.3 is 10.3 Å². The minimum absolute atomic E-state index is 0.00695. The Kier molecular flexibility index (Phi) is 7.24. The molecule has 2 N–H and O–H groups in total. The van der Waals surface area contributed by atoms with Crippen molar-refractivity contribution in [3.8, 4) is 0 Å². The first kappa shape index (κ1) is 25.0. The van der Waals surface area contributed by atoms with Crippen molar-refractivity contribution in [3.63, 3.8) is 0 Å². The monoisotopic (exact) mass is 482 g/mol. The number of benzene rings is 1. The van der Waals surface area contributed by atoms with E-state index in [1.54, 1.807) is 11.0 Å². The summed E-state index contributed by atoms with van der Waals surface area (Å²) in [6.07, 6.45) is -1.18. The lowest BCUT2D eigenvalue weighted by atomic mass is 9.89. The third-order valence-corrected chi connectivity index (χ3v) is 7.19. The summed E-state index contributed by atoms with van der Waals surface area (Å²) >= 11 is 0. The summed E-state index contributed by atoms with van der Waals surface area (Å²) in [5.41, 5.74) is 1.75. The molecule has 3 atom stereocenters. The third-order valence-electron chi connectivity index (χ3n) is 7.19. The van der Waals surface area contributed by atoms with E-state index >= 15 is 0 Å². The number of halogens is 4. The summed E-state index contributed by atoms with van der Waals surface area (Å²) in [5, 5.41) is 3.41. The van der Waals surface area contributed by atoms with E-state index in [2.05, 4.69) is 10.3 Å². The zero-order valence-corrected chi connectivity index (χ0v) is 20.0. The predicted octanol–water partition coefficient (Wildman–Crippen LogP) is 4.86. The second-order valence-electron chi connectivity index (χ2n) is 10.3. The topological polar surface area (TPSA) is 51.4 Å². The maximum atomic E-state index is 14.1. The summed E-state index contributed by atoms with van der Waals surface area (Å²) in [6.45, 7) is 7.14. The number of nitrogens with one attached hydrogen (secondary N) is 2. The predicted molar refractivity (Wildman–Crippen MR) is 124 cm³/mol. The Balaban J connectivity index is 1.41. The second-order valence-corrected chi connectivity index (χ2v) is 10.3. The number of fused-ring (bicyclic) bond motifs is 1. The van der Waals surface area contributed by atoms with Crippen LogP contribution in [0.4, 0.5) is 17.6 Å². The number of piperazine rings is 1. The minimum Gasteiger partial charge on any atom is -0.350 e. The number of carbonyl (C=O) groups excluding carboxylic acids is 1. The summed E-state index contributed by atoms with van der Waals surface area (Å²) in [5.74, 6) is -0.521. The molecular weight excluding hydrogens is 448 g/mol. The van der Waals surface area contributed by atoms with Crippen molar-refractivity contribution in [1.82, 2.24) is 20.1 Å². The van der Waals surface area contributed by atoms with Crippen LogP contribution in [0.1, 0.15) is 55.6 Å². The van der Waals surface area contributed by atoms with Crippen molar-refractivity contribution in [2.45, 2.75) is 70.8 Å². The van der Waals surface area contributed by atoms with E-state index in [9.17, 15) is 22.4 Å². The van der Waals surface area contributed by atoms with Crippen LogP contribution in [0, 0.1) is 18.7 Å². The van der Waals surface area contributed by atoms with Crippen LogP contribution in [0.5, 0.6) is 0 Å². The number of H-pyrrole nitrogens is 1. The molecule has 2 fully saturated rings. The molecule has 2 aliphatic rings. The Morgan fingerprint density at radius 2 is 2.00 bits per heavy atom. The minimum atomic E-state index is -4.27. The van der Waals surface area contributed by atoms with Gasteiger partial charge in [0.15, 0.2) is 0 Å². The van der Waals surface area contributed by atoms with Gasteiger partial charge in [0.25, 0.3) is 5.91 Å². The van der Waals surface area contributed by atoms with Gasteiger partial charge >= 0.3 is 6.18 Å². The molecule has 0 spiro atoms. The van der Waals surface area contributed by atoms with Gasteiger partial charge in [-0.2, -0.15) is 13.2 Å². The largest absolute Gasteiger partial charge is 0.405 e. The van der Waals surface area contributed by atoms with Gasteiger partial charge in [0, 0.05) is 43.6 Å². The van der Waals surface area contributed by atoms with Crippen molar-refractivity contribution in [2.24, 2.45) is 5.92 Å². The molecular formula is C25H34F4N4O. The first-order valence-electron chi connectivity index (χ1n) is 12.2. The van der Waals surface area contributed by atoms with Crippen LogP contribution in [0.25, 0.3) is 10.9 Å². The van der Waals surface area contributed by atoms with E-state index in [0.29, 0.717) is 42.7 Å². The number of aromatic amines is 1. The fraction of sp³-hybridized carbons (Fsp3) is 0.640. The number of nitrogens with zero attached hydrogens (tertiary/aromatic N) is 2. The molecule has 1 saturated heterocycles. The number of carbonyl (C=O) groups is 1. The van der Waals surface area contributed by atoms with Crippen molar-refractivity contribution < 1.29 is 22.4 Å². The Bertz CT molecular complexity index is 979. The van der Waals surface area contributed by atoms with Crippen LogP contribution in [0.3, 0.4) is 0 Å². The maximum absolute atomic E-state index is 14.1. The molecule has 1 amide bonds. The van der Waals surface area contributed by atoms with Gasteiger partial charge in [0.2, 0.25) is 0 Å². The standard InChI is InChI=1S/C25H34F4N4O/c1-15(2)13-33-10-9-32(14-22(33)25(27,28)29)18-6-4-5-17(11-18)30-24(34)21-12-19-20(26)8-7-16(3)23(19)31-21/h7-8,12,15,17-18,22,31H,4-6,9-11,13-14H2,1-3H3,(H,30,34)/t17-,18+,22?/m1/s1. The van der Waals surface area contributed by atoms with Gasteiger partial charge in [-0.3, -0.25) is 14.6 Å². The van der Waals surface area contributed by atoms with Crippen LogP contribution in [0.2, 0.25) is 0 Å². The van der Waals surface area contributed by atoms with Gasteiger partial charge in [0.05, 0.1) is 5.52 Å². The van der Waals surface area contributed by atoms with E-state index in [1.165, 1.54) is 12.1 Å². The molecule has 1 aromatic heterocycles. The molecule has 1 aromatic carbocycles. The summed E-state index contributed by atoms with van der Waals surface area (Å²) < 4.78 is 55.6. The van der Waals surface area contributed by atoms with Crippen LogP contribution in [-0.4, -0.2) is 71.2 Å². The number of rotatable bonds is 5. The van der Waals surface area contributed by atoms with E-state index in [-0.39, 0.29) is 36.3 Å². The van der Waals surface area contributed by atoms with Gasteiger partial charge in [-0.15, -0.1) is 0 Å². The van der Waals surface area contributed by atoms with E-state index in [4.69, 9.17) is 0 Å². The van der Waals surface area contributed by atoms with Gasteiger partial charge in [0.1, 0.15) is 17.6 Å². The fourth-order valence-electron chi connectivity index (χ4n) is 5.51. The number of aryl methyl sites for hydroxylation is 1. The summed E-state index contributed by atoms with van der Waals surface area (Å²) in [7, 11) is 0. The number of alkyl halides is 3. The summed E-state index contributed by atoms with van der Waals surface area (Å²) in [6, 6.07) is 3.00. The molecule has 0 radical (unpaired) electrons. The average Bonchev–Trinajstić information content (AvgIpc) is 3.23. The Labute approximate surface area is 197 Å². The van der Waals surface area contributed by atoms with Crippen molar-refractivity contribution >= 4 is 16.8 Å². The number of aromatic nitrogens is 1. The van der Waals surface area contributed by atoms with Crippen molar-refractivity contribution in [1.29, 1.82) is 0 Å². The highest BCUT2D eigenvalue weighted by molar-refractivity contribution is 5.99. The lowest BCUT2D eigenvalue weighted by Gasteiger charge is -2.47. The zero-order valence-electron chi connectivity index (χ0n) is 20.0. The first-order valence-corrected chi connectivity index (χ1v) is 12.2. The van der Waals surface area contributed by atoms with Crippen molar-refractivity contribution in [3.05, 3.63) is 35.3 Å². The lowest BCUT2D eigenvalue weighted by molar-refractivity contribution is -0.201. The molecule has 1 aliphatic carbocycles. The molecule has 0 bridgehead atoms. The SMILES string of the molecule is Cc1ccc(F)c2cc(C(=O)N[C@@H]3CCC[C@H](N4CCN(CC(C)C)C(C(F)(F)F)C4)C3)[nH]c12. The number of amides is 1. The summed E-state index contributed by atoms with van der Waals surface area (Å²) in [4.78, 5) is 19.4. The molecule has 5 nitrogen and oxygen atoms in total. The highest BCUT2D eigenvalue weighted by Gasteiger charge is 2.47. The maximum Gasteiger partial charge on any atom is 0.405 e. The highest BCUT2D eigenvalue weighted by atomic mass is 19.4. The van der Waals surface area contributed by atoms with Gasteiger partial charge in [-0.25, -0.2) is 4.39 Å². The average molecular weight is 483 g/mol. The van der Waals surface area contributed by atoms with E-state index in [1.807, 2.05) is 25.7 Å². The van der Waals surface area contributed by atoms with Crippen LogP contribution in [-0.2, 0) is 0 Å². The van der Waals surface area contributed by atoms with Gasteiger partial charge in [-0.05, 0) is 56.2 Å². The molecule has 1 unspecified atom stereocenters. The Morgan fingerprint density at radius 3 is 2.68 bits per heavy atom. The van der Waals surface area contributed by atoms with Crippen LogP contribution < -0.4 is 5.32 Å². The van der Waals surface area contributed by atoms with E-state index in [0.717, 1.165) is 24.8 Å². The Morgan fingerprint density at radius 1 is 1.24 bits per heavy atom. The van der Waals surface area contributed by atoms with Crippen molar-refractivity contribution in [2.75, 3.05) is 26.2 Å². The molecule has 9 heteroatoms. The zero-order chi connectivity index (χ0) is 24.6. The lowest BCUT2D eigenvalue weighted by Crippen LogP contribution is -2.62. The second kappa shape index (κ2) is 9.85. The van der Waals surface area contributed by atoms with Crippen LogP contribution >= 0.6 is 0 Å². The van der Waals surface area contributed by atoms with Crippen LogP contribution in [0.15, 0.2) is 18.2 Å². The molecule has 34 heavy (non-hydrogen) atoms. The molecule has 2 heterocycles. The van der Waals surface area contributed by atoms with E-state index < -0.39 is 12.2 Å². The third kappa shape index (κ3) is 5.40. The normalized spacial score (nSPS) is 25.2. The number of hydrogen-bond acceptors (Lipinski definition) is 3. The Hall–Kier alpha value is -2.13. The molecule has 2 aromatic rings. The molecule has 188 valence electrons. The van der Waals surface area contributed by atoms with Gasteiger partial charge in [-0.1, -0.05) is 19.9 Å². The number of hydrogen-bond donors (Lipinski definition) is 2. The smallest absolute Gasteiger partial charge is 0.350 e. The molecule has 1 saturated carbocycles. The quantitative estimate of drug-likeness (QED) is 0.599. The molecule has 1 aliphatic heterocycles.